The first kappa shape index (κ1) is 21.5. The van der Waals surface area contributed by atoms with Gasteiger partial charge in [-0.2, -0.15) is 0 Å². The number of halogens is 2. The van der Waals surface area contributed by atoms with Gasteiger partial charge in [0.05, 0.1) is 33.7 Å². The van der Waals surface area contributed by atoms with Gasteiger partial charge in [-0.1, -0.05) is 23.2 Å². The van der Waals surface area contributed by atoms with Crippen molar-refractivity contribution in [2.75, 3.05) is 31.2 Å². The molecule has 32 heavy (non-hydrogen) atoms. The lowest BCUT2D eigenvalue weighted by Crippen LogP contribution is -2.44. The fraction of sp³-hybridized carbons (Fsp3) is 0.435. The number of imidazole rings is 1. The third kappa shape index (κ3) is 4.17. The number of anilines is 1. The van der Waals surface area contributed by atoms with Gasteiger partial charge < -0.3 is 15.0 Å². The molecule has 0 radical (unpaired) electrons. The molecule has 2 aliphatic heterocycles. The van der Waals surface area contributed by atoms with E-state index in [4.69, 9.17) is 32.9 Å². The van der Waals surface area contributed by atoms with Crippen LogP contribution in [0.15, 0.2) is 30.5 Å². The van der Waals surface area contributed by atoms with Gasteiger partial charge in [0.15, 0.2) is 0 Å². The summed E-state index contributed by atoms with van der Waals surface area (Å²) in [4.78, 5) is 24.4. The van der Waals surface area contributed by atoms with Gasteiger partial charge >= 0.3 is 0 Å². The van der Waals surface area contributed by atoms with Crippen LogP contribution in [0.25, 0.3) is 16.9 Å². The van der Waals surface area contributed by atoms with Crippen molar-refractivity contribution >= 4 is 46.1 Å². The second-order valence-electron chi connectivity index (χ2n) is 8.52. The van der Waals surface area contributed by atoms with Crippen LogP contribution in [0.1, 0.15) is 24.8 Å². The van der Waals surface area contributed by atoms with Crippen molar-refractivity contribution < 1.29 is 9.53 Å². The molecule has 0 aliphatic carbocycles. The Labute approximate surface area is 196 Å². The number of hydrogen-bond acceptors (Lipinski definition) is 5. The highest BCUT2D eigenvalue weighted by Gasteiger charge is 2.30. The van der Waals surface area contributed by atoms with Crippen molar-refractivity contribution in [3.8, 4) is 5.82 Å². The molecule has 0 saturated carbocycles. The highest BCUT2D eigenvalue weighted by molar-refractivity contribution is 6.42. The average molecular weight is 474 g/mol. The number of nitrogens with one attached hydrogen (secondary N) is 1. The summed E-state index contributed by atoms with van der Waals surface area (Å²) in [7, 11) is 0. The second kappa shape index (κ2) is 8.89. The number of carbonyl (C=O) groups excluding carboxylic acids is 1. The number of ether oxygens (including phenoxy) is 1. The normalized spacial score (nSPS) is 19.6. The van der Waals surface area contributed by atoms with Gasteiger partial charge in [-0.25, -0.2) is 9.97 Å². The average Bonchev–Trinajstić information content (AvgIpc) is 3.42. The molecule has 1 unspecified atom stereocenters. The third-order valence-corrected chi connectivity index (χ3v) is 6.96. The van der Waals surface area contributed by atoms with Crippen molar-refractivity contribution in [2.45, 2.75) is 32.2 Å². The number of hydrogen-bond donors (Lipinski definition) is 1. The van der Waals surface area contributed by atoms with Crippen LogP contribution in [-0.4, -0.2) is 52.8 Å². The molecule has 5 rings (SSSR count). The molecule has 0 spiro atoms. The summed E-state index contributed by atoms with van der Waals surface area (Å²) in [6.07, 6.45) is 4.22. The number of aryl methyl sites for hydroxylation is 1. The van der Waals surface area contributed by atoms with E-state index in [2.05, 4.69) is 15.2 Å². The minimum Gasteiger partial charge on any atom is -0.379 e. The Bertz CT molecular complexity index is 1150. The zero-order chi connectivity index (χ0) is 22.2. The molecule has 0 bridgehead atoms. The summed E-state index contributed by atoms with van der Waals surface area (Å²) in [5.41, 5.74) is 2.72. The van der Waals surface area contributed by atoms with E-state index in [-0.39, 0.29) is 17.9 Å². The lowest BCUT2D eigenvalue weighted by atomic mass is 9.95. The zero-order valence-electron chi connectivity index (χ0n) is 17.9. The maximum Gasteiger partial charge on any atom is 0.223 e. The van der Waals surface area contributed by atoms with E-state index in [1.54, 1.807) is 12.3 Å². The van der Waals surface area contributed by atoms with Crippen molar-refractivity contribution in [2.24, 2.45) is 5.92 Å². The van der Waals surface area contributed by atoms with E-state index < -0.39 is 0 Å². The molecule has 4 heterocycles. The number of pyridine rings is 1. The Kier molecular flexibility index (Phi) is 5.97. The largest absolute Gasteiger partial charge is 0.379 e. The Morgan fingerprint density at radius 1 is 1.16 bits per heavy atom. The summed E-state index contributed by atoms with van der Waals surface area (Å²) < 4.78 is 7.40. The Morgan fingerprint density at radius 3 is 2.66 bits per heavy atom. The smallest absolute Gasteiger partial charge is 0.223 e. The third-order valence-electron chi connectivity index (χ3n) is 6.23. The first-order valence-corrected chi connectivity index (χ1v) is 11.7. The molecule has 3 aromatic rings. The van der Waals surface area contributed by atoms with Crippen LogP contribution < -0.4 is 10.2 Å². The number of piperidine rings is 1. The van der Waals surface area contributed by atoms with Crippen LogP contribution in [0.5, 0.6) is 0 Å². The monoisotopic (exact) mass is 473 g/mol. The summed E-state index contributed by atoms with van der Waals surface area (Å²) >= 11 is 12.6. The maximum absolute atomic E-state index is 12.7. The first-order chi connectivity index (χ1) is 15.5. The molecule has 1 amide bonds. The molecule has 1 atom stereocenters. The molecule has 2 saturated heterocycles. The van der Waals surface area contributed by atoms with Crippen molar-refractivity contribution in [3.05, 3.63) is 46.1 Å². The highest BCUT2D eigenvalue weighted by atomic mass is 35.5. The zero-order valence-corrected chi connectivity index (χ0v) is 19.4. The van der Waals surface area contributed by atoms with Crippen LogP contribution in [0.2, 0.25) is 10.0 Å². The Hall–Kier alpha value is -2.35. The topological polar surface area (TPSA) is 72.3 Å². The second-order valence-corrected chi connectivity index (χ2v) is 9.34. The quantitative estimate of drug-likeness (QED) is 0.615. The number of rotatable bonds is 4. The fourth-order valence-electron chi connectivity index (χ4n) is 4.45. The van der Waals surface area contributed by atoms with Crippen LogP contribution >= 0.6 is 23.2 Å². The van der Waals surface area contributed by atoms with Gasteiger partial charge in [0.2, 0.25) is 11.9 Å². The Morgan fingerprint density at radius 2 is 1.94 bits per heavy atom. The predicted molar refractivity (Wildman–Crippen MR) is 126 cm³/mol. The summed E-state index contributed by atoms with van der Waals surface area (Å²) in [6, 6.07) is 7.76. The number of fused-ring (bicyclic) bond motifs is 1. The lowest BCUT2D eigenvalue weighted by Gasteiger charge is -2.32. The number of aromatic nitrogens is 3. The summed E-state index contributed by atoms with van der Waals surface area (Å²) in [5, 5.41) is 4.09. The van der Waals surface area contributed by atoms with Crippen molar-refractivity contribution in [1.29, 1.82) is 0 Å². The summed E-state index contributed by atoms with van der Waals surface area (Å²) in [6.45, 7) is 4.84. The molecule has 9 heteroatoms. The van der Waals surface area contributed by atoms with Gasteiger partial charge in [-0.15, -0.1) is 0 Å². The van der Waals surface area contributed by atoms with E-state index in [1.807, 2.05) is 29.7 Å². The first-order valence-electron chi connectivity index (χ1n) is 10.9. The number of benzene rings is 1. The fourth-order valence-corrected chi connectivity index (χ4v) is 4.77. The lowest BCUT2D eigenvalue weighted by molar-refractivity contribution is -0.126. The molecule has 1 N–H and O–H groups in total. The van der Waals surface area contributed by atoms with E-state index >= 15 is 0 Å². The molecule has 2 aromatic heterocycles. The predicted octanol–water partition coefficient (Wildman–Crippen LogP) is 4.16. The van der Waals surface area contributed by atoms with Gasteiger partial charge in [-0.3, -0.25) is 9.36 Å². The standard InChI is InChI=1S/C23H25Cl2N5O2/c1-14-2-6-26-21(10-14)30-20-12-18(25)17(24)11-19(20)28-23(30)29-7-3-15(4-8-29)22(31)27-16-5-9-32-13-16/h2,6,10-12,15-16H,3-5,7-9,13H2,1H3,(H,27,31). The minimum absolute atomic E-state index is 0.00524. The summed E-state index contributed by atoms with van der Waals surface area (Å²) in [5.74, 6) is 1.71. The Balaban J connectivity index is 1.43. The van der Waals surface area contributed by atoms with Crippen LogP contribution in [0.4, 0.5) is 5.95 Å². The van der Waals surface area contributed by atoms with Crippen LogP contribution in [-0.2, 0) is 9.53 Å². The molecular formula is C23H25Cl2N5O2. The van der Waals surface area contributed by atoms with Crippen molar-refractivity contribution in [3.63, 3.8) is 0 Å². The van der Waals surface area contributed by atoms with E-state index in [0.717, 1.165) is 67.3 Å². The number of carbonyl (C=O) groups is 1. The molecular weight excluding hydrogens is 449 g/mol. The van der Waals surface area contributed by atoms with Crippen LogP contribution in [0.3, 0.4) is 0 Å². The van der Waals surface area contributed by atoms with Gasteiger partial charge in [-0.05, 0) is 56.0 Å². The van der Waals surface area contributed by atoms with Gasteiger partial charge in [0.25, 0.3) is 0 Å². The minimum atomic E-state index is 0.00524. The molecule has 2 fully saturated rings. The number of amides is 1. The van der Waals surface area contributed by atoms with E-state index in [9.17, 15) is 4.79 Å². The van der Waals surface area contributed by atoms with Crippen molar-refractivity contribution in [1.82, 2.24) is 19.9 Å². The van der Waals surface area contributed by atoms with E-state index in [0.29, 0.717) is 16.7 Å². The number of nitrogens with zero attached hydrogens (tertiary/aromatic N) is 4. The molecule has 1 aromatic carbocycles. The van der Waals surface area contributed by atoms with E-state index in [1.165, 1.54) is 0 Å². The highest BCUT2D eigenvalue weighted by Crippen LogP contribution is 2.34. The van der Waals surface area contributed by atoms with Gasteiger partial charge in [0, 0.05) is 31.8 Å². The molecule has 2 aliphatic rings. The van der Waals surface area contributed by atoms with Crippen LogP contribution in [0, 0.1) is 12.8 Å². The molecule has 168 valence electrons. The SMILES string of the molecule is Cc1ccnc(-n2c(N3CCC(C(=O)NC4CCOC4)CC3)nc3cc(Cl)c(Cl)cc32)c1. The van der Waals surface area contributed by atoms with Gasteiger partial charge in [0.1, 0.15) is 5.82 Å². The molecule has 7 nitrogen and oxygen atoms in total. The maximum atomic E-state index is 12.7.